The fourth-order valence-electron chi connectivity index (χ4n) is 3.21. The van der Waals surface area contributed by atoms with Crippen molar-refractivity contribution in [1.29, 1.82) is 0 Å². The van der Waals surface area contributed by atoms with Gasteiger partial charge in [-0.2, -0.15) is 0 Å². The molecule has 2 aromatic carbocycles. The van der Waals surface area contributed by atoms with E-state index in [0.29, 0.717) is 18.7 Å². The minimum atomic E-state index is -0.0454. The third-order valence-electron chi connectivity index (χ3n) is 4.54. The first-order valence-corrected chi connectivity index (χ1v) is 8.72. The number of H-pyrrole nitrogens is 1. The van der Waals surface area contributed by atoms with Crippen molar-refractivity contribution >= 4 is 16.8 Å². The molecule has 0 aliphatic carbocycles. The van der Waals surface area contributed by atoms with Crippen LogP contribution in [-0.4, -0.2) is 38.8 Å². The number of amides is 1. The Morgan fingerprint density at radius 3 is 2.37 bits per heavy atom. The van der Waals surface area contributed by atoms with Crippen LogP contribution in [0.2, 0.25) is 0 Å². The molecule has 3 rings (SSSR count). The molecule has 1 aromatic heterocycles. The van der Waals surface area contributed by atoms with Gasteiger partial charge in [0.1, 0.15) is 17.2 Å². The van der Waals surface area contributed by atoms with Crippen molar-refractivity contribution in [3.8, 4) is 28.5 Å². The number of hydrogen-bond donors (Lipinski definition) is 2. The Hall–Kier alpha value is -3.15. The van der Waals surface area contributed by atoms with Crippen LogP contribution in [0, 0.1) is 0 Å². The van der Waals surface area contributed by atoms with Crippen LogP contribution in [0.1, 0.15) is 12.5 Å². The highest BCUT2D eigenvalue weighted by Crippen LogP contribution is 2.38. The quantitative estimate of drug-likeness (QED) is 0.669. The molecule has 0 radical (unpaired) electrons. The van der Waals surface area contributed by atoms with E-state index in [4.69, 9.17) is 14.2 Å². The molecule has 142 valence electrons. The number of hydrogen-bond acceptors (Lipinski definition) is 4. The standard InChI is InChI=1S/C21H24N2O4/c1-13(24)22-10-9-16-18-11-14(25-2)6-8-19(18)23-21(16)17-7-5-15(26-3)12-20(17)27-4/h5-8,11-12,23H,9-10H2,1-4H3,(H,22,24). The second-order valence-electron chi connectivity index (χ2n) is 6.19. The molecular weight excluding hydrogens is 344 g/mol. The van der Waals surface area contributed by atoms with Gasteiger partial charge < -0.3 is 24.5 Å². The molecule has 6 heteroatoms. The number of methoxy groups -OCH3 is 3. The van der Waals surface area contributed by atoms with Gasteiger partial charge in [0.25, 0.3) is 0 Å². The van der Waals surface area contributed by atoms with Gasteiger partial charge in [-0.1, -0.05) is 0 Å². The zero-order chi connectivity index (χ0) is 19.4. The number of rotatable bonds is 7. The number of benzene rings is 2. The Kier molecular flexibility index (Phi) is 5.54. The van der Waals surface area contributed by atoms with Gasteiger partial charge in [-0.25, -0.2) is 0 Å². The van der Waals surface area contributed by atoms with E-state index in [1.54, 1.807) is 21.3 Å². The summed E-state index contributed by atoms with van der Waals surface area (Å²) >= 11 is 0. The third kappa shape index (κ3) is 3.84. The molecule has 2 N–H and O–H groups in total. The van der Waals surface area contributed by atoms with Crippen molar-refractivity contribution in [2.45, 2.75) is 13.3 Å². The highest BCUT2D eigenvalue weighted by molar-refractivity contribution is 5.93. The predicted molar refractivity (Wildman–Crippen MR) is 106 cm³/mol. The monoisotopic (exact) mass is 368 g/mol. The van der Waals surface area contributed by atoms with Crippen LogP contribution in [-0.2, 0) is 11.2 Å². The van der Waals surface area contributed by atoms with E-state index in [2.05, 4.69) is 10.3 Å². The lowest BCUT2D eigenvalue weighted by Crippen LogP contribution is -2.22. The fourth-order valence-corrected chi connectivity index (χ4v) is 3.21. The van der Waals surface area contributed by atoms with E-state index >= 15 is 0 Å². The van der Waals surface area contributed by atoms with Crippen LogP contribution in [0.3, 0.4) is 0 Å². The second-order valence-corrected chi connectivity index (χ2v) is 6.19. The topological polar surface area (TPSA) is 72.6 Å². The summed E-state index contributed by atoms with van der Waals surface area (Å²) in [6.45, 7) is 2.07. The molecule has 3 aromatic rings. The highest BCUT2D eigenvalue weighted by atomic mass is 16.5. The summed E-state index contributed by atoms with van der Waals surface area (Å²) in [6, 6.07) is 11.7. The van der Waals surface area contributed by atoms with Crippen LogP contribution in [0.15, 0.2) is 36.4 Å². The van der Waals surface area contributed by atoms with E-state index in [9.17, 15) is 4.79 Å². The van der Waals surface area contributed by atoms with Crippen LogP contribution in [0.4, 0.5) is 0 Å². The lowest BCUT2D eigenvalue weighted by molar-refractivity contribution is -0.118. The minimum Gasteiger partial charge on any atom is -0.497 e. The van der Waals surface area contributed by atoms with Crippen molar-refractivity contribution in [3.05, 3.63) is 42.0 Å². The summed E-state index contributed by atoms with van der Waals surface area (Å²) < 4.78 is 16.3. The summed E-state index contributed by atoms with van der Waals surface area (Å²) in [4.78, 5) is 14.8. The van der Waals surface area contributed by atoms with Crippen LogP contribution in [0.5, 0.6) is 17.2 Å². The van der Waals surface area contributed by atoms with E-state index in [1.165, 1.54) is 6.92 Å². The summed E-state index contributed by atoms with van der Waals surface area (Å²) in [5, 5.41) is 3.93. The molecule has 27 heavy (non-hydrogen) atoms. The molecule has 0 fully saturated rings. The molecule has 0 unspecified atom stereocenters. The van der Waals surface area contributed by atoms with Crippen LogP contribution >= 0.6 is 0 Å². The Morgan fingerprint density at radius 2 is 1.70 bits per heavy atom. The van der Waals surface area contributed by atoms with Crippen molar-refractivity contribution in [1.82, 2.24) is 10.3 Å². The molecular formula is C21H24N2O4. The number of ether oxygens (including phenoxy) is 3. The molecule has 0 aliphatic heterocycles. The average Bonchev–Trinajstić information content (AvgIpc) is 3.04. The summed E-state index contributed by atoms with van der Waals surface area (Å²) in [5.74, 6) is 2.19. The summed E-state index contributed by atoms with van der Waals surface area (Å²) in [7, 11) is 4.92. The van der Waals surface area contributed by atoms with E-state index in [0.717, 1.165) is 39.2 Å². The number of aromatic amines is 1. The molecule has 1 heterocycles. The van der Waals surface area contributed by atoms with Crippen molar-refractivity contribution in [2.75, 3.05) is 27.9 Å². The van der Waals surface area contributed by atoms with Crippen molar-refractivity contribution in [2.24, 2.45) is 0 Å². The molecule has 0 saturated carbocycles. The van der Waals surface area contributed by atoms with Gasteiger partial charge in [-0.15, -0.1) is 0 Å². The zero-order valence-electron chi connectivity index (χ0n) is 16.0. The smallest absolute Gasteiger partial charge is 0.216 e. The van der Waals surface area contributed by atoms with Gasteiger partial charge in [0.2, 0.25) is 5.91 Å². The number of nitrogens with one attached hydrogen (secondary N) is 2. The predicted octanol–water partition coefficient (Wildman–Crippen LogP) is 3.54. The first-order valence-electron chi connectivity index (χ1n) is 8.72. The lowest BCUT2D eigenvalue weighted by Gasteiger charge is -2.12. The van der Waals surface area contributed by atoms with Gasteiger partial charge in [-0.3, -0.25) is 4.79 Å². The van der Waals surface area contributed by atoms with Gasteiger partial charge in [0.05, 0.1) is 27.0 Å². The van der Waals surface area contributed by atoms with Gasteiger partial charge in [0, 0.05) is 36.0 Å². The van der Waals surface area contributed by atoms with Gasteiger partial charge >= 0.3 is 0 Å². The lowest BCUT2D eigenvalue weighted by atomic mass is 10.0. The number of fused-ring (bicyclic) bond motifs is 1. The van der Waals surface area contributed by atoms with Crippen molar-refractivity contribution < 1.29 is 19.0 Å². The third-order valence-corrected chi connectivity index (χ3v) is 4.54. The van der Waals surface area contributed by atoms with E-state index in [1.807, 2.05) is 36.4 Å². The largest absolute Gasteiger partial charge is 0.497 e. The zero-order valence-corrected chi connectivity index (χ0v) is 16.0. The normalized spacial score (nSPS) is 10.7. The molecule has 0 spiro atoms. The Morgan fingerprint density at radius 1 is 1.00 bits per heavy atom. The molecule has 0 saturated heterocycles. The number of aromatic nitrogens is 1. The highest BCUT2D eigenvalue weighted by Gasteiger charge is 2.17. The Labute approximate surface area is 158 Å². The minimum absolute atomic E-state index is 0.0454. The van der Waals surface area contributed by atoms with E-state index in [-0.39, 0.29) is 5.91 Å². The maximum Gasteiger partial charge on any atom is 0.216 e. The van der Waals surface area contributed by atoms with Crippen LogP contribution < -0.4 is 19.5 Å². The summed E-state index contributed by atoms with van der Waals surface area (Å²) in [5.41, 5.74) is 4.00. The maximum atomic E-state index is 11.3. The fraction of sp³-hybridized carbons (Fsp3) is 0.286. The average molecular weight is 368 g/mol. The van der Waals surface area contributed by atoms with Gasteiger partial charge in [-0.05, 0) is 42.3 Å². The van der Waals surface area contributed by atoms with Crippen molar-refractivity contribution in [3.63, 3.8) is 0 Å². The number of carbonyl (C=O) groups excluding carboxylic acids is 1. The van der Waals surface area contributed by atoms with Crippen LogP contribution in [0.25, 0.3) is 22.2 Å². The summed E-state index contributed by atoms with van der Waals surface area (Å²) in [6.07, 6.45) is 0.678. The molecule has 1 amide bonds. The maximum absolute atomic E-state index is 11.3. The Bertz CT molecular complexity index is 962. The molecule has 0 atom stereocenters. The Balaban J connectivity index is 2.14. The first-order chi connectivity index (χ1) is 13.1. The molecule has 0 aliphatic rings. The molecule has 0 bridgehead atoms. The number of carbonyl (C=O) groups is 1. The first kappa shape index (κ1) is 18.6. The second kappa shape index (κ2) is 8.03. The van der Waals surface area contributed by atoms with Gasteiger partial charge in [0.15, 0.2) is 0 Å². The molecule has 6 nitrogen and oxygen atoms in total. The SMILES string of the molecule is COc1ccc(-c2[nH]c3ccc(OC)cc3c2CCNC(C)=O)c(OC)c1. The van der Waals surface area contributed by atoms with E-state index < -0.39 is 0 Å².